The number of ketones is 1. The van der Waals surface area contributed by atoms with E-state index in [0.717, 1.165) is 5.56 Å². The lowest BCUT2D eigenvalue weighted by Gasteiger charge is -2.08. The van der Waals surface area contributed by atoms with Crippen LogP contribution in [0.4, 0.5) is 0 Å². The van der Waals surface area contributed by atoms with Crippen LogP contribution in [-0.4, -0.2) is 32.6 Å². The lowest BCUT2D eigenvalue weighted by molar-refractivity contribution is 0.0736. The van der Waals surface area contributed by atoms with Crippen molar-refractivity contribution >= 4 is 28.8 Å². The van der Waals surface area contributed by atoms with E-state index in [1.165, 1.54) is 6.07 Å². The summed E-state index contributed by atoms with van der Waals surface area (Å²) < 4.78 is 34.2. The third-order valence-electron chi connectivity index (χ3n) is 6.79. The Hall–Kier alpha value is -5.50. The molecule has 0 atom stereocenters. The van der Waals surface area contributed by atoms with Crippen molar-refractivity contribution in [2.24, 2.45) is 0 Å². The van der Waals surface area contributed by atoms with Gasteiger partial charge in [-0.05, 0) is 61.5 Å². The van der Waals surface area contributed by atoms with E-state index in [1.807, 2.05) is 37.3 Å². The number of hydrogen-bond donors (Lipinski definition) is 0. The minimum absolute atomic E-state index is 0.107. The maximum absolute atomic E-state index is 13.7. The molecule has 4 aromatic carbocycles. The fourth-order valence-electron chi connectivity index (χ4n) is 4.81. The zero-order valence-electron chi connectivity index (χ0n) is 23.1. The molecule has 0 saturated carbocycles. The number of carbonyl (C=O) groups excluding carboxylic acids is 2. The number of hydrogen-bond acceptors (Lipinski definition) is 8. The molecule has 0 amide bonds. The third kappa shape index (κ3) is 4.94. The summed E-state index contributed by atoms with van der Waals surface area (Å²) in [5.74, 6) is 1.82. The van der Waals surface area contributed by atoms with Crippen LogP contribution < -0.4 is 23.7 Å². The zero-order valence-corrected chi connectivity index (χ0v) is 23.1. The molecule has 0 unspecified atom stereocenters. The number of carbonyl (C=O) groups is 2. The Labute approximate surface area is 241 Å². The summed E-state index contributed by atoms with van der Waals surface area (Å²) in [4.78, 5) is 26.8. The van der Waals surface area contributed by atoms with E-state index in [9.17, 15) is 9.59 Å². The predicted molar refractivity (Wildman–Crippen MR) is 157 cm³/mol. The van der Waals surface area contributed by atoms with E-state index in [2.05, 4.69) is 0 Å². The fourth-order valence-corrected chi connectivity index (χ4v) is 4.81. The van der Waals surface area contributed by atoms with Crippen LogP contribution in [0, 0.1) is 0 Å². The lowest BCUT2D eigenvalue weighted by atomic mass is 10.1. The standard InChI is InChI=1S/C34H26O8/c1-4-39-23-12-15-28-26(18-23)31(33(42-28)20-8-6-5-7-9-20)34(36)40-24-10-13-25-29(19-24)41-30(32(25)35)17-21-16-22(37-2)11-14-27(21)38-3/h5-19H,4H2,1-3H3/b30-17-. The Bertz CT molecular complexity index is 1850. The molecule has 0 bridgehead atoms. The van der Waals surface area contributed by atoms with Gasteiger partial charge < -0.3 is 28.1 Å². The number of fused-ring (bicyclic) bond motifs is 2. The Kier molecular flexibility index (Phi) is 7.10. The number of esters is 1. The molecule has 0 aliphatic carbocycles. The fraction of sp³-hybridized carbons (Fsp3) is 0.118. The molecule has 1 aromatic heterocycles. The van der Waals surface area contributed by atoms with Crippen molar-refractivity contribution in [1.29, 1.82) is 0 Å². The molecule has 6 rings (SSSR count). The number of allylic oxidation sites excluding steroid dienone is 1. The highest BCUT2D eigenvalue weighted by Gasteiger charge is 2.30. The van der Waals surface area contributed by atoms with Gasteiger partial charge in [-0.1, -0.05) is 30.3 Å². The summed E-state index contributed by atoms with van der Waals surface area (Å²) in [6.45, 7) is 2.36. The van der Waals surface area contributed by atoms with Crippen LogP contribution in [0.1, 0.15) is 33.2 Å². The summed E-state index contributed by atoms with van der Waals surface area (Å²) in [6.07, 6.45) is 1.59. The molecule has 1 aliphatic rings. The first-order valence-electron chi connectivity index (χ1n) is 13.3. The highest BCUT2D eigenvalue weighted by molar-refractivity contribution is 6.15. The summed E-state index contributed by atoms with van der Waals surface area (Å²) in [5, 5.41) is 0.565. The van der Waals surface area contributed by atoms with Gasteiger partial charge in [0.25, 0.3) is 0 Å². The summed E-state index contributed by atoms with van der Waals surface area (Å²) >= 11 is 0. The normalized spacial score (nSPS) is 13.1. The molecule has 5 aromatic rings. The Balaban J connectivity index is 1.33. The predicted octanol–water partition coefficient (Wildman–Crippen LogP) is 7.35. The van der Waals surface area contributed by atoms with Gasteiger partial charge in [-0.25, -0.2) is 4.79 Å². The molecular formula is C34H26O8. The van der Waals surface area contributed by atoms with Gasteiger partial charge >= 0.3 is 5.97 Å². The Morgan fingerprint density at radius 3 is 2.40 bits per heavy atom. The molecule has 8 nitrogen and oxygen atoms in total. The highest BCUT2D eigenvalue weighted by Crippen LogP contribution is 2.39. The SMILES string of the molecule is CCOc1ccc2oc(-c3ccccc3)c(C(=O)Oc3ccc4c(c3)O/C(=C\c3cc(OC)ccc3OC)C4=O)c2c1. The zero-order chi connectivity index (χ0) is 29.2. The maximum atomic E-state index is 13.7. The van der Waals surface area contributed by atoms with Gasteiger partial charge in [0.1, 0.15) is 45.7 Å². The summed E-state index contributed by atoms with van der Waals surface area (Å²) in [7, 11) is 3.10. The first kappa shape index (κ1) is 26.7. The van der Waals surface area contributed by atoms with E-state index < -0.39 is 5.97 Å². The molecule has 0 N–H and O–H groups in total. The first-order chi connectivity index (χ1) is 20.5. The molecule has 210 valence electrons. The average molecular weight is 563 g/mol. The van der Waals surface area contributed by atoms with E-state index in [0.29, 0.717) is 51.7 Å². The van der Waals surface area contributed by atoms with Crippen molar-refractivity contribution in [3.8, 4) is 40.1 Å². The molecular weight excluding hydrogens is 536 g/mol. The van der Waals surface area contributed by atoms with Crippen LogP contribution in [0.3, 0.4) is 0 Å². The monoisotopic (exact) mass is 562 g/mol. The number of methoxy groups -OCH3 is 2. The van der Waals surface area contributed by atoms with Crippen LogP contribution in [0.25, 0.3) is 28.4 Å². The summed E-state index contributed by atoms with van der Waals surface area (Å²) in [5.41, 5.74) is 2.48. The van der Waals surface area contributed by atoms with Crippen LogP contribution in [0.2, 0.25) is 0 Å². The highest BCUT2D eigenvalue weighted by atomic mass is 16.5. The lowest BCUT2D eigenvalue weighted by Crippen LogP contribution is -2.09. The van der Waals surface area contributed by atoms with E-state index >= 15 is 0 Å². The van der Waals surface area contributed by atoms with Gasteiger partial charge in [-0.2, -0.15) is 0 Å². The van der Waals surface area contributed by atoms with Crippen LogP contribution in [0.5, 0.6) is 28.7 Å². The van der Waals surface area contributed by atoms with Crippen LogP contribution in [0.15, 0.2) is 95.1 Å². The molecule has 1 aliphatic heterocycles. The van der Waals surface area contributed by atoms with Gasteiger partial charge in [-0.15, -0.1) is 0 Å². The number of ether oxygens (including phenoxy) is 5. The van der Waals surface area contributed by atoms with Crippen molar-refractivity contribution in [3.05, 3.63) is 107 Å². The van der Waals surface area contributed by atoms with Gasteiger partial charge in [-0.3, -0.25) is 4.79 Å². The van der Waals surface area contributed by atoms with Crippen molar-refractivity contribution in [1.82, 2.24) is 0 Å². The smallest absolute Gasteiger partial charge is 0.348 e. The largest absolute Gasteiger partial charge is 0.497 e. The van der Waals surface area contributed by atoms with Crippen molar-refractivity contribution in [2.45, 2.75) is 6.92 Å². The molecule has 0 spiro atoms. The van der Waals surface area contributed by atoms with Gasteiger partial charge in [0.15, 0.2) is 5.76 Å². The van der Waals surface area contributed by atoms with Gasteiger partial charge in [0, 0.05) is 22.6 Å². The maximum Gasteiger partial charge on any atom is 0.348 e. The molecule has 0 fully saturated rings. The van der Waals surface area contributed by atoms with Crippen LogP contribution in [-0.2, 0) is 0 Å². The molecule has 8 heteroatoms. The Morgan fingerprint density at radius 2 is 1.64 bits per heavy atom. The quantitative estimate of drug-likeness (QED) is 0.110. The van der Waals surface area contributed by atoms with E-state index in [-0.39, 0.29) is 28.6 Å². The molecule has 2 heterocycles. The van der Waals surface area contributed by atoms with E-state index in [4.69, 9.17) is 28.1 Å². The number of benzene rings is 4. The second kappa shape index (κ2) is 11.2. The number of rotatable bonds is 8. The second-order valence-corrected chi connectivity index (χ2v) is 9.36. The van der Waals surface area contributed by atoms with Gasteiger partial charge in [0.2, 0.25) is 5.78 Å². The Morgan fingerprint density at radius 1 is 0.857 bits per heavy atom. The minimum atomic E-state index is -0.623. The topological polar surface area (TPSA) is 93.4 Å². The number of Topliss-reactive ketones (excluding diaryl/α,β-unsaturated/α-hetero) is 1. The van der Waals surface area contributed by atoms with Crippen LogP contribution >= 0.6 is 0 Å². The third-order valence-corrected chi connectivity index (χ3v) is 6.79. The average Bonchev–Trinajstić information content (AvgIpc) is 3.54. The van der Waals surface area contributed by atoms with Crippen molar-refractivity contribution in [2.75, 3.05) is 20.8 Å². The summed E-state index contributed by atoms with van der Waals surface area (Å²) in [6, 6.07) is 24.6. The molecule has 42 heavy (non-hydrogen) atoms. The van der Waals surface area contributed by atoms with Crippen molar-refractivity contribution in [3.63, 3.8) is 0 Å². The van der Waals surface area contributed by atoms with Crippen molar-refractivity contribution < 1.29 is 37.7 Å². The second-order valence-electron chi connectivity index (χ2n) is 9.36. The molecule has 0 radical (unpaired) electrons. The van der Waals surface area contributed by atoms with Gasteiger partial charge in [0.05, 0.1) is 26.4 Å². The van der Waals surface area contributed by atoms with E-state index in [1.54, 1.807) is 68.8 Å². The minimum Gasteiger partial charge on any atom is -0.497 e. The number of furan rings is 1. The first-order valence-corrected chi connectivity index (χ1v) is 13.3. The molecule has 0 saturated heterocycles.